The van der Waals surface area contributed by atoms with E-state index in [2.05, 4.69) is 5.32 Å². The van der Waals surface area contributed by atoms with E-state index in [1.807, 2.05) is 38.1 Å². The summed E-state index contributed by atoms with van der Waals surface area (Å²) in [5.74, 6) is -1.58. The largest absolute Gasteiger partial charge is 0.306 e. The standard InChI is InChI=1S/C16H17F2N/c1-11-6-8-13(9-7-11)12(2)19-10-14-4-3-5-15(17)16(14)18/h3-9,12,19H,10H2,1-2H3. The molecule has 1 unspecified atom stereocenters. The molecule has 0 amide bonds. The fourth-order valence-electron chi connectivity index (χ4n) is 1.92. The number of halogens is 2. The minimum Gasteiger partial charge on any atom is -0.306 e. The Morgan fingerprint density at radius 2 is 1.74 bits per heavy atom. The maximum Gasteiger partial charge on any atom is 0.163 e. The zero-order valence-corrected chi connectivity index (χ0v) is 11.1. The molecular weight excluding hydrogens is 244 g/mol. The summed E-state index contributed by atoms with van der Waals surface area (Å²) in [6.45, 7) is 4.34. The van der Waals surface area contributed by atoms with Crippen molar-refractivity contribution in [1.29, 1.82) is 0 Å². The number of rotatable bonds is 4. The normalized spacial score (nSPS) is 12.4. The molecule has 19 heavy (non-hydrogen) atoms. The fourth-order valence-corrected chi connectivity index (χ4v) is 1.92. The van der Waals surface area contributed by atoms with Crippen molar-refractivity contribution < 1.29 is 8.78 Å². The molecule has 0 heterocycles. The number of aryl methyl sites for hydroxylation is 1. The third-order valence-electron chi connectivity index (χ3n) is 3.21. The van der Waals surface area contributed by atoms with Gasteiger partial charge in [0.25, 0.3) is 0 Å². The van der Waals surface area contributed by atoms with Crippen LogP contribution in [0.4, 0.5) is 8.78 Å². The van der Waals surface area contributed by atoms with Gasteiger partial charge >= 0.3 is 0 Å². The van der Waals surface area contributed by atoms with E-state index in [0.29, 0.717) is 12.1 Å². The second-order valence-electron chi connectivity index (χ2n) is 4.73. The van der Waals surface area contributed by atoms with Crippen LogP contribution in [0.2, 0.25) is 0 Å². The molecular formula is C16H17F2N. The van der Waals surface area contributed by atoms with E-state index < -0.39 is 11.6 Å². The Morgan fingerprint density at radius 3 is 2.42 bits per heavy atom. The molecule has 2 aromatic carbocycles. The van der Waals surface area contributed by atoms with E-state index in [0.717, 1.165) is 11.6 Å². The van der Waals surface area contributed by atoms with Gasteiger partial charge in [0.2, 0.25) is 0 Å². The summed E-state index contributed by atoms with van der Waals surface area (Å²) in [4.78, 5) is 0. The summed E-state index contributed by atoms with van der Waals surface area (Å²) in [5, 5.41) is 3.20. The van der Waals surface area contributed by atoms with Crippen LogP contribution >= 0.6 is 0 Å². The van der Waals surface area contributed by atoms with Gasteiger partial charge in [-0.2, -0.15) is 0 Å². The van der Waals surface area contributed by atoms with Gasteiger partial charge in [-0.25, -0.2) is 8.78 Å². The zero-order chi connectivity index (χ0) is 13.8. The average molecular weight is 261 g/mol. The number of hydrogen-bond acceptors (Lipinski definition) is 1. The molecule has 0 saturated heterocycles. The quantitative estimate of drug-likeness (QED) is 0.872. The first-order valence-electron chi connectivity index (χ1n) is 6.31. The van der Waals surface area contributed by atoms with E-state index in [9.17, 15) is 8.78 Å². The highest BCUT2D eigenvalue weighted by molar-refractivity contribution is 5.24. The molecule has 0 aliphatic carbocycles. The number of benzene rings is 2. The molecule has 0 fully saturated rings. The van der Waals surface area contributed by atoms with Crippen molar-refractivity contribution in [1.82, 2.24) is 5.32 Å². The highest BCUT2D eigenvalue weighted by atomic mass is 19.2. The molecule has 0 saturated carbocycles. The Kier molecular flexibility index (Phi) is 4.27. The summed E-state index contributed by atoms with van der Waals surface area (Å²) in [7, 11) is 0. The van der Waals surface area contributed by atoms with Crippen LogP contribution in [0.5, 0.6) is 0 Å². The highest BCUT2D eigenvalue weighted by Gasteiger charge is 2.09. The van der Waals surface area contributed by atoms with Gasteiger partial charge in [-0.15, -0.1) is 0 Å². The van der Waals surface area contributed by atoms with Gasteiger partial charge in [-0.3, -0.25) is 0 Å². The molecule has 1 nitrogen and oxygen atoms in total. The molecule has 0 spiro atoms. The molecule has 0 radical (unpaired) electrons. The van der Waals surface area contributed by atoms with Crippen LogP contribution in [0.3, 0.4) is 0 Å². The summed E-state index contributed by atoms with van der Waals surface area (Å²) in [6, 6.07) is 12.5. The maximum absolute atomic E-state index is 13.5. The smallest absolute Gasteiger partial charge is 0.163 e. The Bertz CT molecular complexity index is 549. The van der Waals surface area contributed by atoms with Crippen molar-refractivity contribution in [2.45, 2.75) is 26.4 Å². The van der Waals surface area contributed by atoms with Crippen molar-refractivity contribution in [3.63, 3.8) is 0 Å². The van der Waals surface area contributed by atoms with Crippen LogP contribution < -0.4 is 5.32 Å². The Labute approximate surface area is 112 Å². The molecule has 2 rings (SSSR count). The molecule has 0 aromatic heterocycles. The third kappa shape index (κ3) is 3.38. The Morgan fingerprint density at radius 1 is 1.05 bits per heavy atom. The van der Waals surface area contributed by atoms with Gasteiger partial charge in [-0.05, 0) is 25.5 Å². The van der Waals surface area contributed by atoms with Gasteiger partial charge < -0.3 is 5.32 Å². The first-order valence-corrected chi connectivity index (χ1v) is 6.31. The molecule has 0 bridgehead atoms. The van der Waals surface area contributed by atoms with E-state index >= 15 is 0 Å². The first-order chi connectivity index (χ1) is 9.08. The SMILES string of the molecule is Cc1ccc(C(C)NCc2cccc(F)c2F)cc1. The summed E-state index contributed by atoms with van der Waals surface area (Å²) in [5.41, 5.74) is 2.67. The van der Waals surface area contributed by atoms with Crippen LogP contribution in [-0.2, 0) is 6.54 Å². The summed E-state index contributed by atoms with van der Waals surface area (Å²) in [6.07, 6.45) is 0. The van der Waals surface area contributed by atoms with Crippen LogP contribution in [0, 0.1) is 18.6 Å². The second-order valence-corrected chi connectivity index (χ2v) is 4.73. The summed E-state index contributed by atoms with van der Waals surface area (Å²) < 4.78 is 26.6. The molecule has 1 N–H and O–H groups in total. The fraction of sp³-hybridized carbons (Fsp3) is 0.250. The predicted molar refractivity (Wildman–Crippen MR) is 72.8 cm³/mol. The van der Waals surface area contributed by atoms with Gasteiger partial charge in [0, 0.05) is 18.2 Å². The molecule has 0 aliphatic heterocycles. The van der Waals surface area contributed by atoms with Crippen LogP contribution in [0.1, 0.15) is 29.7 Å². The molecule has 1 atom stereocenters. The monoisotopic (exact) mass is 261 g/mol. The minimum atomic E-state index is -0.803. The highest BCUT2D eigenvalue weighted by Crippen LogP contribution is 2.16. The molecule has 0 aliphatic rings. The lowest BCUT2D eigenvalue weighted by atomic mass is 10.1. The van der Waals surface area contributed by atoms with Gasteiger partial charge in [-0.1, -0.05) is 42.0 Å². The lowest BCUT2D eigenvalue weighted by molar-refractivity contribution is 0.484. The lowest BCUT2D eigenvalue weighted by Gasteiger charge is -2.15. The number of nitrogens with one attached hydrogen (secondary N) is 1. The second kappa shape index (κ2) is 5.93. The lowest BCUT2D eigenvalue weighted by Crippen LogP contribution is -2.19. The van der Waals surface area contributed by atoms with Gasteiger partial charge in [0.05, 0.1) is 0 Å². The van der Waals surface area contributed by atoms with Crippen molar-refractivity contribution in [3.8, 4) is 0 Å². The van der Waals surface area contributed by atoms with E-state index in [1.165, 1.54) is 11.6 Å². The maximum atomic E-state index is 13.5. The van der Waals surface area contributed by atoms with Crippen LogP contribution in [0.25, 0.3) is 0 Å². The van der Waals surface area contributed by atoms with Crippen LogP contribution in [0.15, 0.2) is 42.5 Å². The summed E-state index contributed by atoms with van der Waals surface area (Å²) >= 11 is 0. The molecule has 3 heteroatoms. The predicted octanol–water partition coefficient (Wildman–Crippen LogP) is 4.12. The topological polar surface area (TPSA) is 12.0 Å². The van der Waals surface area contributed by atoms with Crippen molar-refractivity contribution in [3.05, 3.63) is 70.8 Å². The van der Waals surface area contributed by atoms with Crippen LogP contribution in [-0.4, -0.2) is 0 Å². The van der Waals surface area contributed by atoms with E-state index in [4.69, 9.17) is 0 Å². The van der Waals surface area contributed by atoms with Gasteiger partial charge in [0.15, 0.2) is 11.6 Å². The average Bonchev–Trinajstić information content (AvgIpc) is 2.41. The first kappa shape index (κ1) is 13.7. The zero-order valence-electron chi connectivity index (χ0n) is 11.1. The van der Waals surface area contributed by atoms with E-state index in [-0.39, 0.29) is 6.04 Å². The van der Waals surface area contributed by atoms with Crippen molar-refractivity contribution in [2.24, 2.45) is 0 Å². The third-order valence-corrected chi connectivity index (χ3v) is 3.21. The Balaban J connectivity index is 2.02. The minimum absolute atomic E-state index is 0.0864. The Hall–Kier alpha value is -1.74. The van der Waals surface area contributed by atoms with Gasteiger partial charge in [0.1, 0.15) is 0 Å². The number of hydrogen-bond donors (Lipinski definition) is 1. The van der Waals surface area contributed by atoms with Crippen molar-refractivity contribution in [2.75, 3.05) is 0 Å². The molecule has 100 valence electrons. The van der Waals surface area contributed by atoms with Crippen molar-refractivity contribution >= 4 is 0 Å². The molecule has 2 aromatic rings. The van der Waals surface area contributed by atoms with E-state index in [1.54, 1.807) is 6.07 Å².